The normalized spacial score (nSPS) is 10.9. The van der Waals surface area contributed by atoms with E-state index in [-0.39, 0.29) is 0 Å². The van der Waals surface area contributed by atoms with Gasteiger partial charge in [-0.25, -0.2) is 0 Å². The van der Waals surface area contributed by atoms with Gasteiger partial charge in [-0.15, -0.1) is 20.4 Å². The van der Waals surface area contributed by atoms with Crippen LogP contribution in [0.25, 0.3) is 45.8 Å². The molecule has 0 saturated carbocycles. The molecule has 6 rings (SSSR count). The highest BCUT2D eigenvalue weighted by molar-refractivity contribution is 5.60. The summed E-state index contributed by atoms with van der Waals surface area (Å²) in [6.45, 7) is 0. The number of aromatic nitrogens is 4. The van der Waals surface area contributed by atoms with E-state index >= 15 is 0 Å². The van der Waals surface area contributed by atoms with Crippen LogP contribution in [0.4, 0.5) is 0 Å². The van der Waals surface area contributed by atoms with Crippen LogP contribution in [-0.4, -0.2) is 20.4 Å². The van der Waals surface area contributed by atoms with Gasteiger partial charge in [0.25, 0.3) is 0 Å². The molecule has 0 saturated heterocycles. The number of benzene rings is 4. The summed E-state index contributed by atoms with van der Waals surface area (Å²) in [6.07, 6.45) is 0. The third kappa shape index (κ3) is 4.43. The molecule has 0 atom stereocenters. The smallest absolute Gasteiger partial charge is 0.248 e. The van der Waals surface area contributed by atoms with E-state index in [9.17, 15) is 0 Å². The molecule has 7 nitrogen and oxygen atoms in total. The van der Waals surface area contributed by atoms with Gasteiger partial charge in [-0.05, 0) is 72.8 Å². The van der Waals surface area contributed by atoms with Crippen LogP contribution in [0, 0.1) is 0 Å². The van der Waals surface area contributed by atoms with Gasteiger partial charge in [0, 0.05) is 22.3 Å². The fourth-order valence-electron chi connectivity index (χ4n) is 3.54. The third-order valence-electron chi connectivity index (χ3n) is 5.33. The lowest BCUT2D eigenvalue weighted by Crippen LogP contribution is -1.85. The first-order chi connectivity index (χ1) is 17.3. The summed E-state index contributed by atoms with van der Waals surface area (Å²) in [5.41, 5.74) is 3.39. The van der Waals surface area contributed by atoms with E-state index < -0.39 is 0 Å². The summed E-state index contributed by atoms with van der Waals surface area (Å²) in [5, 5.41) is 16.6. The van der Waals surface area contributed by atoms with Gasteiger partial charge in [0.15, 0.2) is 0 Å². The van der Waals surface area contributed by atoms with Gasteiger partial charge in [0.2, 0.25) is 23.6 Å². The predicted octanol–water partition coefficient (Wildman–Crippen LogP) is 6.91. The van der Waals surface area contributed by atoms with Crippen LogP contribution in [0.5, 0.6) is 11.5 Å². The van der Waals surface area contributed by atoms with E-state index in [1.54, 1.807) is 0 Å². The standard InChI is InChI=1S/C28H18N4O3/c1-3-7-19(8-4-1)25-29-31-27(34-25)21-11-15-23(16-12-21)33-24-17-13-22(14-18-24)28-32-30-26(35-28)20-9-5-2-6-10-20/h1-18H. The van der Waals surface area contributed by atoms with E-state index in [2.05, 4.69) is 20.4 Å². The third-order valence-corrected chi connectivity index (χ3v) is 5.33. The second kappa shape index (κ2) is 9.07. The van der Waals surface area contributed by atoms with Crippen LogP contribution in [0.1, 0.15) is 0 Å². The second-order valence-electron chi connectivity index (χ2n) is 7.71. The van der Waals surface area contributed by atoms with E-state index in [4.69, 9.17) is 13.6 Å². The average Bonchev–Trinajstić information content (AvgIpc) is 3.62. The monoisotopic (exact) mass is 458 g/mol. The Kier molecular flexibility index (Phi) is 5.33. The van der Waals surface area contributed by atoms with Crippen molar-refractivity contribution in [1.82, 2.24) is 20.4 Å². The Labute approximate surface area is 200 Å². The molecule has 0 N–H and O–H groups in total. The molecule has 0 radical (unpaired) electrons. The van der Waals surface area contributed by atoms with Gasteiger partial charge in [0.1, 0.15) is 11.5 Å². The first-order valence-corrected chi connectivity index (χ1v) is 11.0. The van der Waals surface area contributed by atoms with Crippen LogP contribution in [0.15, 0.2) is 118 Å². The molecule has 6 aromatic rings. The molecule has 0 amide bonds. The van der Waals surface area contributed by atoms with Crippen LogP contribution in [0.2, 0.25) is 0 Å². The van der Waals surface area contributed by atoms with E-state index in [1.807, 2.05) is 109 Å². The van der Waals surface area contributed by atoms with Crippen molar-refractivity contribution in [2.24, 2.45) is 0 Å². The van der Waals surface area contributed by atoms with Crippen LogP contribution in [0.3, 0.4) is 0 Å². The molecule has 2 aromatic heterocycles. The molecule has 0 spiro atoms. The summed E-state index contributed by atoms with van der Waals surface area (Å²) >= 11 is 0. The predicted molar refractivity (Wildman–Crippen MR) is 130 cm³/mol. The van der Waals surface area contributed by atoms with Crippen molar-refractivity contribution < 1.29 is 13.6 Å². The van der Waals surface area contributed by atoms with Crippen molar-refractivity contribution in [3.05, 3.63) is 109 Å². The van der Waals surface area contributed by atoms with Crippen molar-refractivity contribution >= 4 is 0 Å². The largest absolute Gasteiger partial charge is 0.457 e. The Morgan fingerprint density at radius 3 is 1.03 bits per heavy atom. The highest BCUT2D eigenvalue weighted by Gasteiger charge is 2.12. The van der Waals surface area contributed by atoms with Crippen LogP contribution >= 0.6 is 0 Å². The van der Waals surface area contributed by atoms with Gasteiger partial charge < -0.3 is 13.6 Å². The first kappa shape index (κ1) is 20.6. The number of nitrogens with zero attached hydrogens (tertiary/aromatic N) is 4. The number of rotatable bonds is 6. The van der Waals surface area contributed by atoms with Crippen molar-refractivity contribution in [3.63, 3.8) is 0 Å². The van der Waals surface area contributed by atoms with Crippen molar-refractivity contribution in [2.45, 2.75) is 0 Å². The topological polar surface area (TPSA) is 87.1 Å². The summed E-state index contributed by atoms with van der Waals surface area (Å²) in [4.78, 5) is 0. The lowest BCUT2D eigenvalue weighted by molar-refractivity contribution is 0.482. The van der Waals surface area contributed by atoms with Crippen LogP contribution in [-0.2, 0) is 0 Å². The molecule has 7 heteroatoms. The zero-order valence-electron chi connectivity index (χ0n) is 18.4. The Balaban J connectivity index is 1.14. The fraction of sp³-hybridized carbons (Fsp3) is 0. The summed E-state index contributed by atoms with van der Waals surface area (Å²) < 4.78 is 17.6. The molecule has 0 aliphatic heterocycles. The SMILES string of the molecule is c1ccc(-c2nnc(-c3ccc(Oc4ccc(-c5nnc(-c6ccccc6)o5)cc4)cc3)o2)cc1. The Hall–Kier alpha value is -5.04. The Morgan fingerprint density at radius 1 is 0.371 bits per heavy atom. The summed E-state index contributed by atoms with van der Waals surface area (Å²) in [6, 6.07) is 34.3. The highest BCUT2D eigenvalue weighted by Crippen LogP contribution is 2.29. The second-order valence-corrected chi connectivity index (χ2v) is 7.71. The average molecular weight is 458 g/mol. The zero-order valence-corrected chi connectivity index (χ0v) is 18.4. The molecular weight excluding hydrogens is 440 g/mol. The van der Waals surface area contributed by atoms with Gasteiger partial charge in [-0.2, -0.15) is 0 Å². The molecule has 2 heterocycles. The lowest BCUT2D eigenvalue weighted by Gasteiger charge is -2.06. The minimum absolute atomic E-state index is 0.453. The van der Waals surface area contributed by atoms with Crippen molar-refractivity contribution in [1.29, 1.82) is 0 Å². The van der Waals surface area contributed by atoms with Gasteiger partial charge in [-0.3, -0.25) is 0 Å². The van der Waals surface area contributed by atoms with E-state index in [0.717, 1.165) is 22.3 Å². The molecule has 0 unspecified atom stereocenters. The minimum atomic E-state index is 0.453. The van der Waals surface area contributed by atoms with Crippen molar-refractivity contribution in [2.75, 3.05) is 0 Å². The molecule has 0 bridgehead atoms. The maximum absolute atomic E-state index is 5.98. The minimum Gasteiger partial charge on any atom is -0.457 e. The molecule has 4 aromatic carbocycles. The first-order valence-electron chi connectivity index (χ1n) is 11.0. The maximum atomic E-state index is 5.98. The quantitative estimate of drug-likeness (QED) is 0.268. The van der Waals surface area contributed by atoms with Gasteiger partial charge >= 0.3 is 0 Å². The maximum Gasteiger partial charge on any atom is 0.248 e. The number of hydrogen-bond donors (Lipinski definition) is 0. The zero-order chi connectivity index (χ0) is 23.5. The molecule has 0 fully saturated rings. The molecule has 168 valence electrons. The molecule has 35 heavy (non-hydrogen) atoms. The molecule has 0 aliphatic carbocycles. The number of ether oxygens (including phenoxy) is 1. The van der Waals surface area contributed by atoms with E-state index in [1.165, 1.54) is 0 Å². The summed E-state index contributed by atoms with van der Waals surface area (Å²) in [5.74, 6) is 3.25. The molecular formula is C28H18N4O3. The lowest BCUT2D eigenvalue weighted by atomic mass is 10.2. The Morgan fingerprint density at radius 2 is 0.686 bits per heavy atom. The van der Waals surface area contributed by atoms with Crippen molar-refractivity contribution in [3.8, 4) is 57.3 Å². The van der Waals surface area contributed by atoms with Gasteiger partial charge in [0.05, 0.1) is 0 Å². The van der Waals surface area contributed by atoms with Gasteiger partial charge in [-0.1, -0.05) is 36.4 Å². The molecule has 0 aliphatic rings. The highest BCUT2D eigenvalue weighted by atomic mass is 16.5. The van der Waals surface area contributed by atoms with E-state index in [0.29, 0.717) is 35.1 Å². The van der Waals surface area contributed by atoms with Crippen LogP contribution < -0.4 is 4.74 Å². The fourth-order valence-corrected chi connectivity index (χ4v) is 3.54. The summed E-state index contributed by atoms with van der Waals surface area (Å²) in [7, 11) is 0. The number of hydrogen-bond acceptors (Lipinski definition) is 7. The Bertz CT molecular complexity index is 1420.